The smallest absolute Gasteiger partial charge is 0.106 e. The molecule has 0 saturated heterocycles. The molecule has 3 heteroatoms. The summed E-state index contributed by atoms with van der Waals surface area (Å²) in [5, 5.41) is 0. The Morgan fingerprint density at radius 2 is 1.14 bits per heavy atom. The Morgan fingerprint density at radius 3 is 1.77 bits per heavy atom. The molecule has 0 aromatic carbocycles. The molecule has 128 valence electrons. The zero-order valence-corrected chi connectivity index (χ0v) is 13.8. The molecule has 3 aliphatic rings. The molecule has 0 aromatic rings. The maximum absolute atomic E-state index is 14.7. The Hall–Kier alpha value is -0.210. The van der Waals surface area contributed by atoms with Crippen molar-refractivity contribution in [3.63, 3.8) is 0 Å². The monoisotopic (exact) mass is 316 g/mol. The van der Waals surface area contributed by atoms with Gasteiger partial charge in [-0.3, -0.25) is 0 Å². The van der Waals surface area contributed by atoms with Crippen molar-refractivity contribution >= 4 is 0 Å². The second-order valence-corrected chi connectivity index (χ2v) is 8.36. The summed E-state index contributed by atoms with van der Waals surface area (Å²) >= 11 is 0. The van der Waals surface area contributed by atoms with Gasteiger partial charge in [-0.15, -0.1) is 0 Å². The zero-order chi connectivity index (χ0) is 15.7. The molecule has 6 atom stereocenters. The standard InChI is InChI=1S/C19H31F3/c1-12-2-4-13(5-3-12)16-8-6-14(10-18(16)21)17-9-7-15(20)11-19(17)22/h12-19H,2-11H2,1H3. The second-order valence-electron chi connectivity index (χ2n) is 8.36. The third-order valence-electron chi connectivity index (χ3n) is 6.89. The molecule has 0 aromatic heterocycles. The molecule has 0 spiro atoms. The van der Waals surface area contributed by atoms with Crippen molar-refractivity contribution in [1.29, 1.82) is 0 Å². The van der Waals surface area contributed by atoms with E-state index in [-0.39, 0.29) is 24.2 Å². The van der Waals surface area contributed by atoms with Crippen LogP contribution in [-0.4, -0.2) is 18.5 Å². The number of hydrogen-bond acceptors (Lipinski definition) is 0. The third kappa shape index (κ3) is 3.64. The fraction of sp³-hybridized carbons (Fsp3) is 1.00. The van der Waals surface area contributed by atoms with E-state index in [0.29, 0.717) is 25.2 Å². The molecule has 6 unspecified atom stereocenters. The van der Waals surface area contributed by atoms with Crippen LogP contribution in [0.3, 0.4) is 0 Å². The molecule has 0 heterocycles. The zero-order valence-electron chi connectivity index (χ0n) is 13.8. The lowest BCUT2D eigenvalue weighted by Gasteiger charge is -2.43. The average molecular weight is 316 g/mol. The first-order valence-electron chi connectivity index (χ1n) is 9.46. The fourth-order valence-electron chi connectivity index (χ4n) is 5.43. The molecule has 0 radical (unpaired) electrons. The van der Waals surface area contributed by atoms with Crippen LogP contribution in [-0.2, 0) is 0 Å². The van der Waals surface area contributed by atoms with Crippen LogP contribution < -0.4 is 0 Å². The van der Waals surface area contributed by atoms with Crippen LogP contribution in [0.4, 0.5) is 13.2 Å². The average Bonchev–Trinajstić information content (AvgIpc) is 2.48. The van der Waals surface area contributed by atoms with Crippen LogP contribution in [0, 0.1) is 29.6 Å². The molecule has 3 rings (SSSR count). The third-order valence-corrected chi connectivity index (χ3v) is 6.89. The van der Waals surface area contributed by atoms with Gasteiger partial charge in [-0.1, -0.05) is 19.8 Å². The minimum Gasteiger partial charge on any atom is -0.247 e. The highest BCUT2D eigenvalue weighted by Crippen LogP contribution is 2.47. The predicted molar refractivity (Wildman–Crippen MR) is 84.0 cm³/mol. The lowest BCUT2D eigenvalue weighted by molar-refractivity contribution is 0.00320. The van der Waals surface area contributed by atoms with Crippen molar-refractivity contribution in [2.24, 2.45) is 29.6 Å². The largest absolute Gasteiger partial charge is 0.247 e. The van der Waals surface area contributed by atoms with Crippen LogP contribution in [0.1, 0.15) is 71.1 Å². The van der Waals surface area contributed by atoms with Crippen molar-refractivity contribution in [3.05, 3.63) is 0 Å². The van der Waals surface area contributed by atoms with Crippen LogP contribution >= 0.6 is 0 Å². The summed E-state index contributed by atoms with van der Waals surface area (Å²) in [5.41, 5.74) is 0. The van der Waals surface area contributed by atoms with Gasteiger partial charge in [0.15, 0.2) is 0 Å². The van der Waals surface area contributed by atoms with Crippen LogP contribution in [0.25, 0.3) is 0 Å². The van der Waals surface area contributed by atoms with Gasteiger partial charge in [0, 0.05) is 6.42 Å². The lowest BCUT2D eigenvalue weighted by Crippen LogP contribution is -2.39. The summed E-state index contributed by atoms with van der Waals surface area (Å²) in [7, 11) is 0. The van der Waals surface area contributed by atoms with E-state index in [1.165, 1.54) is 25.7 Å². The van der Waals surface area contributed by atoms with Crippen molar-refractivity contribution in [1.82, 2.24) is 0 Å². The van der Waals surface area contributed by atoms with Crippen LogP contribution in [0.2, 0.25) is 0 Å². The molecular formula is C19H31F3. The molecule has 0 nitrogen and oxygen atoms in total. The number of halogens is 3. The number of rotatable bonds is 2. The van der Waals surface area contributed by atoms with E-state index >= 15 is 0 Å². The van der Waals surface area contributed by atoms with Crippen LogP contribution in [0.5, 0.6) is 0 Å². The summed E-state index contributed by atoms with van der Waals surface area (Å²) < 4.78 is 42.2. The molecule has 0 bridgehead atoms. The first-order valence-corrected chi connectivity index (χ1v) is 9.46. The van der Waals surface area contributed by atoms with E-state index in [1.54, 1.807) is 0 Å². The van der Waals surface area contributed by atoms with Gasteiger partial charge in [-0.05, 0) is 74.5 Å². The summed E-state index contributed by atoms with van der Waals surface area (Å²) in [6.07, 6.45) is 5.59. The van der Waals surface area contributed by atoms with Gasteiger partial charge in [-0.2, -0.15) is 0 Å². The van der Waals surface area contributed by atoms with Crippen molar-refractivity contribution in [2.45, 2.75) is 89.6 Å². The quantitative estimate of drug-likeness (QED) is 0.582. The van der Waals surface area contributed by atoms with E-state index in [4.69, 9.17) is 0 Å². The van der Waals surface area contributed by atoms with Gasteiger partial charge in [0.1, 0.15) is 18.5 Å². The predicted octanol–water partition coefficient (Wildman–Crippen LogP) is 6.04. The minimum absolute atomic E-state index is 0.0437. The van der Waals surface area contributed by atoms with Crippen molar-refractivity contribution < 1.29 is 13.2 Å². The summed E-state index contributed by atoms with van der Waals surface area (Å²) in [6, 6.07) is 0. The highest BCUT2D eigenvalue weighted by molar-refractivity contribution is 4.92. The Labute approximate surface area is 133 Å². The molecule has 22 heavy (non-hydrogen) atoms. The van der Waals surface area contributed by atoms with E-state index in [2.05, 4.69) is 6.92 Å². The maximum atomic E-state index is 14.7. The molecule has 3 aliphatic carbocycles. The maximum Gasteiger partial charge on any atom is 0.106 e. The Kier molecular flexibility index (Phi) is 5.39. The molecule has 0 aliphatic heterocycles. The van der Waals surface area contributed by atoms with Gasteiger partial charge in [-0.25, -0.2) is 13.2 Å². The second kappa shape index (κ2) is 7.13. The fourth-order valence-corrected chi connectivity index (χ4v) is 5.43. The van der Waals surface area contributed by atoms with E-state index < -0.39 is 18.5 Å². The number of hydrogen-bond donors (Lipinski definition) is 0. The van der Waals surface area contributed by atoms with Gasteiger partial charge < -0.3 is 0 Å². The van der Waals surface area contributed by atoms with Crippen LogP contribution in [0.15, 0.2) is 0 Å². The Balaban J connectivity index is 1.53. The molecule has 0 amide bonds. The first-order chi connectivity index (χ1) is 10.5. The number of alkyl halides is 3. The van der Waals surface area contributed by atoms with E-state index in [9.17, 15) is 13.2 Å². The van der Waals surface area contributed by atoms with Gasteiger partial charge in [0.25, 0.3) is 0 Å². The normalized spacial score (nSPS) is 50.7. The molecule has 3 fully saturated rings. The van der Waals surface area contributed by atoms with Crippen molar-refractivity contribution in [2.75, 3.05) is 0 Å². The Morgan fingerprint density at radius 1 is 0.591 bits per heavy atom. The first kappa shape index (κ1) is 16.6. The molecule has 3 saturated carbocycles. The summed E-state index contributed by atoms with van der Waals surface area (Å²) in [4.78, 5) is 0. The summed E-state index contributed by atoms with van der Waals surface area (Å²) in [5.74, 6) is 1.62. The lowest BCUT2D eigenvalue weighted by atomic mass is 9.64. The summed E-state index contributed by atoms with van der Waals surface area (Å²) in [6.45, 7) is 2.29. The topological polar surface area (TPSA) is 0 Å². The van der Waals surface area contributed by atoms with Gasteiger partial charge >= 0.3 is 0 Å². The van der Waals surface area contributed by atoms with Gasteiger partial charge in [0.2, 0.25) is 0 Å². The van der Waals surface area contributed by atoms with Crippen molar-refractivity contribution in [3.8, 4) is 0 Å². The molecule has 0 N–H and O–H groups in total. The molecular weight excluding hydrogens is 285 g/mol. The highest BCUT2D eigenvalue weighted by Gasteiger charge is 2.42. The van der Waals surface area contributed by atoms with Gasteiger partial charge in [0.05, 0.1) is 0 Å². The van der Waals surface area contributed by atoms with E-state index in [1.807, 2.05) is 0 Å². The highest BCUT2D eigenvalue weighted by atomic mass is 19.1. The van der Waals surface area contributed by atoms with E-state index in [0.717, 1.165) is 18.8 Å². The SMILES string of the molecule is CC1CCC(C2CCC(C3CCC(F)CC3F)CC2F)CC1. The Bertz CT molecular complexity index is 351. The minimum atomic E-state index is -1.05.